The van der Waals surface area contributed by atoms with Gasteiger partial charge < -0.3 is 0 Å². The number of hydrogen-bond acceptors (Lipinski definition) is 3. The summed E-state index contributed by atoms with van der Waals surface area (Å²) in [5.74, 6) is 0.196. The second-order valence-corrected chi connectivity index (χ2v) is 8.58. The first-order chi connectivity index (χ1) is 16.0. The number of carbonyl (C=O) groups excluding carboxylic acids is 1. The number of benzene rings is 3. The Morgan fingerprint density at radius 2 is 1.64 bits per heavy atom. The first kappa shape index (κ1) is 23.0. The monoisotopic (exact) mass is 478 g/mol. The normalized spacial score (nSPS) is 16.0. The van der Waals surface area contributed by atoms with Gasteiger partial charge in [-0.25, -0.2) is 5.01 Å². The van der Waals surface area contributed by atoms with Crippen LogP contribution in [-0.4, -0.2) is 35.7 Å². The van der Waals surface area contributed by atoms with Crippen molar-refractivity contribution in [1.29, 1.82) is 0 Å². The number of halogens is 2. The average Bonchev–Trinajstić information content (AvgIpc) is 3.28. The summed E-state index contributed by atoms with van der Waals surface area (Å²) in [5, 5.41) is 10.9. The summed E-state index contributed by atoms with van der Waals surface area (Å²) < 4.78 is 0. The third-order valence-electron chi connectivity index (χ3n) is 5.32. The summed E-state index contributed by atoms with van der Waals surface area (Å²) in [6.07, 6.45) is 0.851. The van der Waals surface area contributed by atoms with Crippen molar-refractivity contribution < 1.29 is 4.79 Å². The van der Waals surface area contributed by atoms with Crippen LogP contribution < -0.4 is 5.32 Å². The van der Waals surface area contributed by atoms with Crippen LogP contribution in [0.25, 0.3) is 0 Å². The lowest BCUT2D eigenvalue weighted by molar-refractivity contribution is 0.0972. The first-order valence-electron chi connectivity index (χ1n) is 10.8. The highest BCUT2D eigenvalue weighted by Crippen LogP contribution is 2.29. The summed E-state index contributed by atoms with van der Waals surface area (Å²) in [6.45, 7) is 3.18. The topological polar surface area (TPSA) is 57.1 Å². The zero-order valence-electron chi connectivity index (χ0n) is 18.2. The van der Waals surface area contributed by atoms with Gasteiger partial charge in [0, 0.05) is 28.1 Å². The molecule has 0 radical (unpaired) electrons. The van der Waals surface area contributed by atoms with Crippen molar-refractivity contribution in [2.45, 2.75) is 19.3 Å². The van der Waals surface area contributed by atoms with Crippen molar-refractivity contribution in [3.8, 4) is 0 Å². The number of hydrogen-bond donors (Lipinski definition) is 1. The molecule has 0 fully saturated rings. The minimum atomic E-state index is -0.257. The van der Waals surface area contributed by atoms with Crippen molar-refractivity contribution in [1.82, 2.24) is 10.3 Å². The Morgan fingerprint density at radius 3 is 2.27 bits per heavy atom. The zero-order valence-corrected chi connectivity index (χ0v) is 19.7. The Morgan fingerprint density at radius 1 is 1.00 bits per heavy atom. The van der Waals surface area contributed by atoms with Crippen molar-refractivity contribution in [2.75, 3.05) is 13.1 Å². The van der Waals surface area contributed by atoms with Gasteiger partial charge in [0.25, 0.3) is 5.91 Å². The number of amides is 1. The van der Waals surface area contributed by atoms with E-state index in [4.69, 9.17) is 28.3 Å². The van der Waals surface area contributed by atoms with Crippen LogP contribution in [0.3, 0.4) is 0 Å². The van der Waals surface area contributed by atoms with E-state index in [1.165, 1.54) is 0 Å². The second kappa shape index (κ2) is 10.6. The largest absolute Gasteiger partial charge is 0.291 e. The fourth-order valence-electron chi connectivity index (χ4n) is 3.64. The van der Waals surface area contributed by atoms with E-state index >= 15 is 0 Å². The summed E-state index contributed by atoms with van der Waals surface area (Å²) in [4.78, 5) is 17.5. The number of aliphatic imine (C=N–C) groups is 1. The minimum Gasteiger partial charge on any atom is -0.291 e. The Bertz CT molecular complexity index is 1160. The maximum atomic E-state index is 12.9. The molecule has 3 aromatic carbocycles. The maximum absolute atomic E-state index is 12.9. The van der Waals surface area contributed by atoms with Gasteiger partial charge in [0.05, 0.1) is 12.3 Å². The fourth-order valence-corrected chi connectivity index (χ4v) is 3.89. The molecule has 1 N–H and O–H groups in total. The number of nitrogens with zero attached hydrogens (tertiary/aromatic N) is 3. The molecule has 0 aliphatic carbocycles. The Kier molecular flexibility index (Phi) is 7.43. The van der Waals surface area contributed by atoms with Gasteiger partial charge in [-0.2, -0.15) is 5.10 Å². The van der Waals surface area contributed by atoms with E-state index in [0.29, 0.717) is 34.7 Å². The highest BCUT2D eigenvalue weighted by Gasteiger charge is 2.32. The summed E-state index contributed by atoms with van der Waals surface area (Å²) in [7, 11) is 0. The summed E-state index contributed by atoms with van der Waals surface area (Å²) in [6, 6.07) is 24.6. The molecule has 1 aliphatic heterocycles. The highest BCUT2D eigenvalue weighted by molar-refractivity contribution is 6.31. The van der Waals surface area contributed by atoms with Crippen LogP contribution in [0.5, 0.6) is 0 Å². The third kappa shape index (κ3) is 5.62. The standard InChI is InChI=1S/C26H24Cl2N4O/c1-2-16-29-26(30-25(33)20-10-14-22(28)15-11-20)32-17-23(18-6-4-3-5-7-18)24(31-32)19-8-12-21(27)13-9-19/h3-15,23H,2,16-17H2,1H3,(H,29,30,33). The van der Waals surface area contributed by atoms with Gasteiger partial charge in [-0.1, -0.05) is 72.6 Å². The molecule has 0 aromatic heterocycles. The van der Waals surface area contributed by atoms with Crippen molar-refractivity contribution in [3.05, 3.63) is 106 Å². The van der Waals surface area contributed by atoms with E-state index in [1.54, 1.807) is 29.3 Å². The predicted molar refractivity (Wildman–Crippen MR) is 135 cm³/mol. The molecule has 1 atom stereocenters. The summed E-state index contributed by atoms with van der Waals surface area (Å²) >= 11 is 12.1. The first-order valence-corrected chi connectivity index (χ1v) is 11.6. The number of guanidine groups is 1. The lowest BCUT2D eigenvalue weighted by Gasteiger charge is -2.19. The molecule has 1 heterocycles. The third-order valence-corrected chi connectivity index (χ3v) is 5.82. The van der Waals surface area contributed by atoms with E-state index in [0.717, 1.165) is 23.3 Å². The molecular weight excluding hydrogens is 455 g/mol. The van der Waals surface area contributed by atoms with Crippen LogP contribution in [-0.2, 0) is 0 Å². The molecule has 33 heavy (non-hydrogen) atoms. The Balaban J connectivity index is 1.66. The van der Waals surface area contributed by atoms with Gasteiger partial charge in [0.15, 0.2) is 0 Å². The van der Waals surface area contributed by atoms with E-state index < -0.39 is 0 Å². The van der Waals surface area contributed by atoms with Gasteiger partial charge in [-0.15, -0.1) is 0 Å². The molecule has 1 aliphatic rings. The predicted octanol–water partition coefficient (Wildman–Crippen LogP) is 5.99. The van der Waals surface area contributed by atoms with Crippen LogP contribution in [0.15, 0.2) is 89.0 Å². The van der Waals surface area contributed by atoms with Gasteiger partial charge >= 0.3 is 0 Å². The maximum Gasteiger partial charge on any atom is 0.258 e. The minimum absolute atomic E-state index is 0.0200. The SMILES string of the molecule is CCCN=C(NC(=O)c1ccc(Cl)cc1)N1CC(c2ccccc2)C(c2ccc(Cl)cc2)=N1. The van der Waals surface area contributed by atoms with Gasteiger partial charge in [0.2, 0.25) is 5.96 Å². The second-order valence-electron chi connectivity index (χ2n) is 7.70. The van der Waals surface area contributed by atoms with Crippen LogP contribution >= 0.6 is 23.2 Å². The molecule has 0 saturated carbocycles. The van der Waals surface area contributed by atoms with Crippen LogP contribution in [0.2, 0.25) is 10.0 Å². The quantitative estimate of drug-likeness (QED) is 0.361. The van der Waals surface area contributed by atoms with Crippen molar-refractivity contribution in [3.63, 3.8) is 0 Å². The van der Waals surface area contributed by atoms with Gasteiger partial charge in [0.1, 0.15) is 0 Å². The molecule has 7 heteroatoms. The number of rotatable bonds is 5. The molecule has 0 spiro atoms. The lowest BCUT2D eigenvalue weighted by Crippen LogP contribution is -2.41. The Hall–Kier alpha value is -3.15. The fraction of sp³-hybridized carbons (Fsp3) is 0.192. The molecule has 0 saturated heterocycles. The molecular formula is C26H24Cl2N4O. The number of hydrazone groups is 1. The lowest BCUT2D eigenvalue weighted by atomic mass is 9.91. The van der Waals surface area contributed by atoms with Crippen LogP contribution in [0.4, 0.5) is 0 Å². The highest BCUT2D eigenvalue weighted by atomic mass is 35.5. The molecule has 3 aromatic rings. The van der Waals surface area contributed by atoms with Crippen molar-refractivity contribution in [2.24, 2.45) is 10.1 Å². The molecule has 1 unspecified atom stereocenters. The molecule has 168 valence electrons. The van der Waals surface area contributed by atoms with E-state index in [2.05, 4.69) is 22.4 Å². The van der Waals surface area contributed by atoms with Crippen molar-refractivity contribution >= 4 is 40.8 Å². The number of nitrogens with one attached hydrogen (secondary N) is 1. The molecule has 0 bridgehead atoms. The van der Waals surface area contributed by atoms with Gasteiger partial charge in [-0.3, -0.25) is 15.1 Å². The summed E-state index contributed by atoms with van der Waals surface area (Å²) in [5.41, 5.74) is 3.54. The van der Waals surface area contributed by atoms with E-state index in [-0.39, 0.29) is 11.8 Å². The smallest absolute Gasteiger partial charge is 0.258 e. The van der Waals surface area contributed by atoms with Crippen LogP contribution in [0.1, 0.15) is 40.7 Å². The molecule has 1 amide bonds. The number of carbonyl (C=O) groups is 1. The van der Waals surface area contributed by atoms with Gasteiger partial charge in [-0.05, 0) is 53.9 Å². The molecule has 5 nitrogen and oxygen atoms in total. The molecule has 4 rings (SSSR count). The zero-order chi connectivity index (χ0) is 23.2. The average molecular weight is 479 g/mol. The Labute approximate surface area is 203 Å². The van der Waals surface area contributed by atoms with E-state index in [9.17, 15) is 4.79 Å². The van der Waals surface area contributed by atoms with Crippen LogP contribution in [0, 0.1) is 0 Å². The van der Waals surface area contributed by atoms with E-state index in [1.807, 2.05) is 49.4 Å².